The predicted octanol–water partition coefficient (Wildman–Crippen LogP) is 4.54. The van der Waals surface area contributed by atoms with Gasteiger partial charge in [0, 0.05) is 22.7 Å². The smallest absolute Gasteiger partial charge is 0.243 e. The maximum Gasteiger partial charge on any atom is 0.243 e. The Kier molecular flexibility index (Phi) is 8.09. The molecule has 1 amide bonds. The van der Waals surface area contributed by atoms with E-state index in [1.807, 2.05) is 0 Å². The molecule has 0 unspecified atom stereocenters. The summed E-state index contributed by atoms with van der Waals surface area (Å²) in [7, 11) is -2.43. The number of benzene rings is 3. The summed E-state index contributed by atoms with van der Waals surface area (Å²) in [5.41, 5.74) is 1.56. The zero-order valence-electron chi connectivity index (χ0n) is 19.0. The second kappa shape index (κ2) is 10.8. The van der Waals surface area contributed by atoms with E-state index < -0.39 is 22.5 Å². The second-order valence-electron chi connectivity index (χ2n) is 7.50. The fraction of sp³-hybridized carbons (Fsp3) is 0.200. The molecular formula is C25H25ClN2O5S. The number of likely N-dealkylation sites (N-methyl/N-ethyl adjacent to an activating group) is 1. The van der Waals surface area contributed by atoms with Crippen LogP contribution in [0.5, 0.6) is 5.75 Å². The van der Waals surface area contributed by atoms with E-state index in [-0.39, 0.29) is 28.5 Å². The molecule has 0 atom stereocenters. The van der Waals surface area contributed by atoms with Crippen molar-refractivity contribution in [3.8, 4) is 5.75 Å². The highest BCUT2D eigenvalue weighted by molar-refractivity contribution is 7.89. The van der Waals surface area contributed by atoms with Gasteiger partial charge in [0.2, 0.25) is 15.9 Å². The highest BCUT2D eigenvalue weighted by Gasteiger charge is 2.26. The zero-order valence-corrected chi connectivity index (χ0v) is 20.6. The van der Waals surface area contributed by atoms with Crippen molar-refractivity contribution in [3.63, 3.8) is 0 Å². The average molecular weight is 501 g/mol. The maximum atomic E-state index is 13.1. The van der Waals surface area contributed by atoms with Gasteiger partial charge in [-0.2, -0.15) is 4.31 Å². The number of sulfonamides is 1. The van der Waals surface area contributed by atoms with Gasteiger partial charge in [0.1, 0.15) is 5.75 Å². The molecule has 1 N–H and O–H groups in total. The molecule has 0 radical (unpaired) electrons. The van der Waals surface area contributed by atoms with Crippen LogP contribution in [-0.4, -0.2) is 44.6 Å². The molecule has 0 saturated heterocycles. The minimum atomic E-state index is -3.93. The van der Waals surface area contributed by atoms with Crippen molar-refractivity contribution < 1.29 is 22.7 Å². The first-order valence-electron chi connectivity index (χ1n) is 10.5. The number of rotatable bonds is 9. The van der Waals surface area contributed by atoms with Crippen LogP contribution < -0.4 is 10.1 Å². The van der Waals surface area contributed by atoms with E-state index >= 15 is 0 Å². The van der Waals surface area contributed by atoms with Gasteiger partial charge in [0.05, 0.1) is 24.2 Å². The van der Waals surface area contributed by atoms with Gasteiger partial charge < -0.3 is 10.1 Å². The van der Waals surface area contributed by atoms with Crippen molar-refractivity contribution in [2.45, 2.75) is 18.7 Å². The lowest BCUT2D eigenvalue weighted by molar-refractivity contribution is -0.116. The number of ether oxygens (including phenoxy) is 1. The Morgan fingerprint density at radius 3 is 2.35 bits per heavy atom. The summed E-state index contributed by atoms with van der Waals surface area (Å²) in [6, 6.07) is 17.7. The van der Waals surface area contributed by atoms with Crippen LogP contribution >= 0.6 is 11.6 Å². The molecule has 178 valence electrons. The van der Waals surface area contributed by atoms with Crippen molar-refractivity contribution in [1.29, 1.82) is 0 Å². The van der Waals surface area contributed by atoms with E-state index in [0.717, 1.165) is 4.31 Å². The number of halogens is 1. The molecular weight excluding hydrogens is 476 g/mol. The Hall–Kier alpha value is -3.20. The van der Waals surface area contributed by atoms with Crippen LogP contribution in [-0.2, 0) is 14.8 Å². The van der Waals surface area contributed by atoms with E-state index in [4.69, 9.17) is 16.3 Å². The molecule has 0 saturated carbocycles. The van der Waals surface area contributed by atoms with Gasteiger partial charge in [0.25, 0.3) is 0 Å². The molecule has 0 aliphatic rings. The van der Waals surface area contributed by atoms with E-state index in [1.54, 1.807) is 56.3 Å². The van der Waals surface area contributed by atoms with Crippen LogP contribution in [0.1, 0.15) is 28.4 Å². The summed E-state index contributed by atoms with van der Waals surface area (Å²) in [4.78, 5) is 25.9. The van der Waals surface area contributed by atoms with Crippen LogP contribution in [0, 0.1) is 6.92 Å². The van der Waals surface area contributed by atoms with Gasteiger partial charge in [-0.25, -0.2) is 8.42 Å². The van der Waals surface area contributed by atoms with Gasteiger partial charge in [-0.1, -0.05) is 48.9 Å². The second-order valence-corrected chi connectivity index (χ2v) is 9.87. The summed E-state index contributed by atoms with van der Waals surface area (Å²) in [6.07, 6.45) is 0. The third kappa shape index (κ3) is 5.64. The van der Waals surface area contributed by atoms with Crippen LogP contribution in [0.15, 0.2) is 71.6 Å². The van der Waals surface area contributed by atoms with Crippen LogP contribution in [0.2, 0.25) is 5.02 Å². The van der Waals surface area contributed by atoms with E-state index in [9.17, 15) is 18.0 Å². The maximum absolute atomic E-state index is 13.1. The highest BCUT2D eigenvalue weighted by Crippen LogP contribution is 2.25. The summed E-state index contributed by atoms with van der Waals surface area (Å²) >= 11 is 6.09. The molecule has 34 heavy (non-hydrogen) atoms. The number of carbonyl (C=O) groups is 2. The molecule has 0 aromatic heterocycles. The Balaban J connectivity index is 1.83. The van der Waals surface area contributed by atoms with Gasteiger partial charge in [-0.3, -0.25) is 9.59 Å². The summed E-state index contributed by atoms with van der Waals surface area (Å²) in [5, 5.41) is 3.00. The molecule has 0 fully saturated rings. The molecule has 0 aliphatic carbocycles. The highest BCUT2D eigenvalue weighted by atomic mass is 35.5. The predicted molar refractivity (Wildman–Crippen MR) is 132 cm³/mol. The molecule has 0 heterocycles. The number of aryl methyl sites for hydroxylation is 1. The Bertz CT molecular complexity index is 1310. The van der Waals surface area contributed by atoms with Crippen molar-refractivity contribution in [2.24, 2.45) is 0 Å². The first kappa shape index (κ1) is 25.4. The minimum Gasteiger partial charge on any atom is -0.496 e. The van der Waals surface area contributed by atoms with Crippen LogP contribution in [0.4, 0.5) is 5.69 Å². The van der Waals surface area contributed by atoms with E-state index in [2.05, 4.69) is 5.32 Å². The fourth-order valence-corrected chi connectivity index (χ4v) is 5.10. The number of ketones is 1. The standard InChI is InChI=1S/C25H25ClN2O5S/c1-4-28(34(31,32)20-11-13-23(33-3)17(2)14-20)16-24(29)27-22-12-10-19(26)15-21(22)25(30)18-8-6-5-7-9-18/h5-15H,4,16H2,1-3H3,(H,27,29). The fourth-order valence-electron chi connectivity index (χ4n) is 3.44. The average Bonchev–Trinajstić information content (AvgIpc) is 2.83. The number of amides is 1. The SMILES string of the molecule is CCN(CC(=O)Nc1ccc(Cl)cc1C(=O)c1ccccc1)S(=O)(=O)c1ccc(OC)c(C)c1. The molecule has 3 aromatic carbocycles. The number of carbonyl (C=O) groups excluding carboxylic acids is 2. The number of anilines is 1. The Morgan fingerprint density at radius 2 is 1.74 bits per heavy atom. The molecule has 0 aliphatic heterocycles. The van der Waals surface area contributed by atoms with Gasteiger partial charge in [-0.05, 0) is 48.9 Å². The molecule has 0 spiro atoms. The van der Waals surface area contributed by atoms with Gasteiger partial charge in [0.15, 0.2) is 5.78 Å². The molecule has 7 nitrogen and oxygen atoms in total. The molecule has 3 aromatic rings. The lowest BCUT2D eigenvalue weighted by atomic mass is 10.0. The quantitative estimate of drug-likeness (QED) is 0.435. The summed E-state index contributed by atoms with van der Waals surface area (Å²) in [5.74, 6) is -0.328. The number of hydrogen-bond acceptors (Lipinski definition) is 5. The van der Waals surface area contributed by atoms with Crippen molar-refractivity contribution in [1.82, 2.24) is 4.31 Å². The van der Waals surface area contributed by atoms with Crippen LogP contribution in [0.3, 0.4) is 0 Å². The number of hydrogen-bond donors (Lipinski definition) is 1. The first-order valence-corrected chi connectivity index (χ1v) is 12.3. The monoisotopic (exact) mass is 500 g/mol. The number of nitrogens with zero attached hydrogens (tertiary/aromatic N) is 1. The van der Waals surface area contributed by atoms with E-state index in [1.165, 1.54) is 31.4 Å². The Labute approximate surface area is 204 Å². The lowest BCUT2D eigenvalue weighted by Gasteiger charge is -2.21. The number of methoxy groups -OCH3 is 1. The normalized spacial score (nSPS) is 11.3. The number of nitrogens with one attached hydrogen (secondary N) is 1. The summed E-state index contributed by atoms with van der Waals surface area (Å²) < 4.78 is 32.5. The van der Waals surface area contributed by atoms with E-state index in [0.29, 0.717) is 21.9 Å². The van der Waals surface area contributed by atoms with Crippen molar-refractivity contribution in [3.05, 3.63) is 88.4 Å². The molecule has 3 rings (SSSR count). The zero-order chi connectivity index (χ0) is 24.9. The molecule has 0 bridgehead atoms. The molecule has 9 heteroatoms. The summed E-state index contributed by atoms with van der Waals surface area (Å²) in [6.45, 7) is 3.04. The Morgan fingerprint density at radius 1 is 1.03 bits per heavy atom. The largest absolute Gasteiger partial charge is 0.496 e. The van der Waals surface area contributed by atoms with Crippen LogP contribution in [0.25, 0.3) is 0 Å². The van der Waals surface area contributed by atoms with Crippen molar-refractivity contribution in [2.75, 3.05) is 25.5 Å². The van der Waals surface area contributed by atoms with Crippen molar-refractivity contribution >= 4 is 39.0 Å². The third-order valence-corrected chi connectivity index (χ3v) is 7.36. The first-order chi connectivity index (χ1) is 16.2. The lowest BCUT2D eigenvalue weighted by Crippen LogP contribution is -2.38. The third-order valence-electron chi connectivity index (χ3n) is 5.21. The minimum absolute atomic E-state index is 0.0619. The topological polar surface area (TPSA) is 92.8 Å². The van der Waals surface area contributed by atoms with Gasteiger partial charge >= 0.3 is 0 Å². The van der Waals surface area contributed by atoms with Gasteiger partial charge in [-0.15, -0.1) is 0 Å².